The van der Waals surface area contributed by atoms with E-state index in [1.54, 1.807) is 19.5 Å². The number of imidazole rings is 1. The summed E-state index contributed by atoms with van der Waals surface area (Å²) in [5.74, 6) is 1.68. The average Bonchev–Trinajstić information content (AvgIpc) is 2.81. The molecule has 0 unspecified atom stereocenters. The van der Waals surface area contributed by atoms with Crippen molar-refractivity contribution in [3.63, 3.8) is 0 Å². The zero-order chi connectivity index (χ0) is 10.7. The minimum Gasteiger partial charge on any atom is -0.495 e. The summed E-state index contributed by atoms with van der Waals surface area (Å²) in [5.41, 5.74) is 1.98. The highest BCUT2D eigenvalue weighted by Gasteiger charge is 2.05. The number of aromatic nitrogens is 2. The van der Waals surface area contributed by atoms with E-state index in [9.17, 15) is 0 Å². The summed E-state index contributed by atoms with van der Waals surface area (Å²) in [7, 11) is 3.52. The van der Waals surface area contributed by atoms with Crippen molar-refractivity contribution < 1.29 is 4.74 Å². The first-order valence-electron chi connectivity index (χ1n) is 4.70. The van der Waals surface area contributed by atoms with E-state index in [-0.39, 0.29) is 0 Å². The SMILES string of the molecule is CNc1cc(-c2ncc[nH]2)ccc1OC. The van der Waals surface area contributed by atoms with E-state index in [2.05, 4.69) is 15.3 Å². The van der Waals surface area contributed by atoms with Gasteiger partial charge in [0.1, 0.15) is 11.6 Å². The fourth-order valence-electron chi connectivity index (χ4n) is 1.47. The molecule has 0 radical (unpaired) electrons. The van der Waals surface area contributed by atoms with Gasteiger partial charge in [-0.3, -0.25) is 0 Å². The molecule has 0 atom stereocenters. The van der Waals surface area contributed by atoms with Gasteiger partial charge in [0.15, 0.2) is 0 Å². The van der Waals surface area contributed by atoms with Crippen molar-refractivity contribution in [1.29, 1.82) is 0 Å². The molecule has 0 spiro atoms. The van der Waals surface area contributed by atoms with Gasteiger partial charge in [-0.1, -0.05) is 0 Å². The van der Waals surface area contributed by atoms with Crippen LogP contribution in [0.1, 0.15) is 0 Å². The van der Waals surface area contributed by atoms with Crippen LogP contribution in [0.4, 0.5) is 5.69 Å². The fraction of sp³-hybridized carbons (Fsp3) is 0.182. The number of anilines is 1. The lowest BCUT2D eigenvalue weighted by atomic mass is 10.2. The second-order valence-corrected chi connectivity index (χ2v) is 3.10. The van der Waals surface area contributed by atoms with Crippen molar-refractivity contribution in [2.75, 3.05) is 19.5 Å². The number of ether oxygens (including phenoxy) is 1. The van der Waals surface area contributed by atoms with Crippen LogP contribution in [0.15, 0.2) is 30.6 Å². The van der Waals surface area contributed by atoms with Gasteiger partial charge in [0, 0.05) is 25.0 Å². The minimum absolute atomic E-state index is 0.827. The standard InChI is InChI=1S/C11H13N3O/c1-12-9-7-8(3-4-10(9)15-2)11-13-5-6-14-11/h3-7,12H,1-2H3,(H,13,14). The summed E-state index contributed by atoms with van der Waals surface area (Å²) in [5, 5.41) is 3.08. The molecule has 2 aromatic rings. The van der Waals surface area contributed by atoms with Crippen molar-refractivity contribution in [3.05, 3.63) is 30.6 Å². The third-order valence-electron chi connectivity index (χ3n) is 2.24. The number of rotatable bonds is 3. The molecule has 15 heavy (non-hydrogen) atoms. The molecule has 0 aliphatic carbocycles. The van der Waals surface area contributed by atoms with E-state index < -0.39 is 0 Å². The van der Waals surface area contributed by atoms with Crippen molar-refractivity contribution in [2.45, 2.75) is 0 Å². The highest BCUT2D eigenvalue weighted by atomic mass is 16.5. The summed E-state index contributed by atoms with van der Waals surface area (Å²) in [4.78, 5) is 7.26. The molecule has 4 heteroatoms. The summed E-state index contributed by atoms with van der Waals surface area (Å²) >= 11 is 0. The van der Waals surface area contributed by atoms with E-state index in [1.807, 2.05) is 25.2 Å². The number of methoxy groups -OCH3 is 1. The molecule has 1 aromatic carbocycles. The molecule has 0 saturated carbocycles. The maximum absolute atomic E-state index is 5.22. The van der Waals surface area contributed by atoms with Gasteiger partial charge in [-0.2, -0.15) is 0 Å². The molecule has 2 rings (SSSR count). The van der Waals surface area contributed by atoms with Crippen LogP contribution in [0.2, 0.25) is 0 Å². The Morgan fingerprint density at radius 2 is 2.27 bits per heavy atom. The molecule has 2 N–H and O–H groups in total. The molecule has 78 valence electrons. The Balaban J connectivity index is 2.43. The molecule has 1 aromatic heterocycles. The second kappa shape index (κ2) is 4.04. The van der Waals surface area contributed by atoms with Gasteiger partial charge >= 0.3 is 0 Å². The first-order chi connectivity index (χ1) is 7.35. The Bertz CT molecular complexity index is 437. The normalized spacial score (nSPS) is 10.0. The number of hydrogen-bond donors (Lipinski definition) is 2. The summed E-state index contributed by atoms with van der Waals surface area (Å²) < 4.78 is 5.22. The number of H-pyrrole nitrogens is 1. The zero-order valence-electron chi connectivity index (χ0n) is 8.74. The minimum atomic E-state index is 0.827. The van der Waals surface area contributed by atoms with E-state index >= 15 is 0 Å². The average molecular weight is 203 g/mol. The Morgan fingerprint density at radius 3 is 2.87 bits per heavy atom. The Kier molecular flexibility index (Phi) is 2.58. The number of nitrogens with one attached hydrogen (secondary N) is 2. The molecule has 0 fully saturated rings. The lowest BCUT2D eigenvalue weighted by molar-refractivity contribution is 0.416. The number of benzene rings is 1. The highest BCUT2D eigenvalue weighted by Crippen LogP contribution is 2.28. The van der Waals surface area contributed by atoms with Crippen molar-refractivity contribution in [3.8, 4) is 17.1 Å². The van der Waals surface area contributed by atoms with Crippen LogP contribution in [0.5, 0.6) is 5.75 Å². The largest absolute Gasteiger partial charge is 0.495 e. The monoisotopic (exact) mass is 203 g/mol. The van der Waals surface area contributed by atoms with Gasteiger partial charge in [0.25, 0.3) is 0 Å². The number of nitrogens with zero attached hydrogens (tertiary/aromatic N) is 1. The van der Waals surface area contributed by atoms with Crippen molar-refractivity contribution in [1.82, 2.24) is 9.97 Å². The maximum atomic E-state index is 5.22. The molecule has 0 saturated heterocycles. The van der Waals surface area contributed by atoms with E-state index in [4.69, 9.17) is 4.74 Å². The van der Waals surface area contributed by atoms with Crippen LogP contribution >= 0.6 is 0 Å². The second-order valence-electron chi connectivity index (χ2n) is 3.10. The quantitative estimate of drug-likeness (QED) is 0.803. The molecule has 4 nitrogen and oxygen atoms in total. The van der Waals surface area contributed by atoms with E-state index in [1.165, 1.54) is 0 Å². The molecule has 0 amide bonds. The lowest BCUT2D eigenvalue weighted by Crippen LogP contribution is -1.94. The van der Waals surface area contributed by atoms with Gasteiger partial charge in [-0.25, -0.2) is 4.98 Å². The highest BCUT2D eigenvalue weighted by molar-refractivity contribution is 5.67. The first-order valence-corrected chi connectivity index (χ1v) is 4.70. The molecule has 0 aliphatic heterocycles. The molecule has 0 bridgehead atoms. The Morgan fingerprint density at radius 1 is 1.40 bits per heavy atom. The predicted molar refractivity (Wildman–Crippen MR) is 60.1 cm³/mol. The van der Waals surface area contributed by atoms with Crippen LogP contribution in [0, 0.1) is 0 Å². The van der Waals surface area contributed by atoms with Gasteiger partial charge in [-0.05, 0) is 18.2 Å². The van der Waals surface area contributed by atoms with Crippen molar-refractivity contribution >= 4 is 5.69 Å². The van der Waals surface area contributed by atoms with Gasteiger partial charge in [0.05, 0.1) is 12.8 Å². The summed E-state index contributed by atoms with van der Waals surface area (Å²) in [6.07, 6.45) is 3.54. The lowest BCUT2D eigenvalue weighted by Gasteiger charge is -2.08. The fourth-order valence-corrected chi connectivity index (χ4v) is 1.47. The zero-order valence-corrected chi connectivity index (χ0v) is 8.74. The topological polar surface area (TPSA) is 49.9 Å². The van der Waals surface area contributed by atoms with Crippen molar-refractivity contribution in [2.24, 2.45) is 0 Å². The third kappa shape index (κ3) is 1.79. The van der Waals surface area contributed by atoms with Gasteiger partial charge < -0.3 is 15.0 Å². The van der Waals surface area contributed by atoms with E-state index in [0.29, 0.717) is 0 Å². The molecule has 0 aliphatic rings. The maximum Gasteiger partial charge on any atom is 0.141 e. The van der Waals surface area contributed by atoms with E-state index in [0.717, 1.165) is 22.8 Å². The van der Waals surface area contributed by atoms with Crippen LogP contribution in [-0.2, 0) is 0 Å². The Hall–Kier alpha value is -1.97. The molecular weight excluding hydrogens is 190 g/mol. The predicted octanol–water partition coefficient (Wildman–Crippen LogP) is 2.13. The van der Waals surface area contributed by atoms with Crippen LogP contribution < -0.4 is 10.1 Å². The summed E-state index contributed by atoms with van der Waals surface area (Å²) in [6.45, 7) is 0. The number of aromatic amines is 1. The van der Waals surface area contributed by atoms with Crippen LogP contribution in [0.25, 0.3) is 11.4 Å². The smallest absolute Gasteiger partial charge is 0.141 e. The van der Waals surface area contributed by atoms with Gasteiger partial charge in [-0.15, -0.1) is 0 Å². The van der Waals surface area contributed by atoms with Gasteiger partial charge in [0.2, 0.25) is 0 Å². The van der Waals surface area contributed by atoms with Crippen LogP contribution in [-0.4, -0.2) is 24.1 Å². The first kappa shape index (κ1) is 9.58. The summed E-state index contributed by atoms with van der Waals surface area (Å²) in [6, 6.07) is 5.89. The number of hydrogen-bond acceptors (Lipinski definition) is 3. The van der Waals surface area contributed by atoms with Crippen LogP contribution in [0.3, 0.4) is 0 Å². The third-order valence-corrected chi connectivity index (χ3v) is 2.24. The molecular formula is C11H13N3O. The molecule has 1 heterocycles. The Labute approximate surface area is 88.3 Å².